The molecule has 0 aliphatic carbocycles. The third-order valence-electron chi connectivity index (χ3n) is 3.70. The molecule has 1 aromatic rings. The van der Waals surface area contributed by atoms with Gasteiger partial charge in [0.15, 0.2) is 11.5 Å². The van der Waals surface area contributed by atoms with Crippen molar-refractivity contribution < 1.29 is 14.3 Å². The zero-order valence-electron chi connectivity index (χ0n) is 11.4. The van der Waals surface area contributed by atoms with E-state index < -0.39 is 0 Å². The minimum atomic E-state index is -0.00272. The van der Waals surface area contributed by atoms with E-state index in [-0.39, 0.29) is 24.9 Å². The largest absolute Gasteiger partial charge is 0.454 e. The summed E-state index contributed by atoms with van der Waals surface area (Å²) in [4.78, 5) is 13.7. The van der Waals surface area contributed by atoms with E-state index in [4.69, 9.17) is 9.47 Å². The van der Waals surface area contributed by atoms with Crippen LogP contribution in [0.1, 0.15) is 31.0 Å². The zero-order chi connectivity index (χ0) is 13.6. The minimum Gasteiger partial charge on any atom is -0.454 e. The summed E-state index contributed by atoms with van der Waals surface area (Å²) in [6, 6.07) is 4.18. The standard InChI is InChI=1S/C14H18N2O3/c1-8(2)16-6-11(15-14(16)17)10-5-13-12(4-9(10)3)18-7-19-13/h4-5,8,11H,6-7H2,1-3H3,(H,15,17). The highest BCUT2D eigenvalue weighted by molar-refractivity contribution is 5.77. The number of carbonyl (C=O) groups excluding carboxylic acids is 1. The van der Waals surface area contributed by atoms with E-state index in [0.717, 1.165) is 22.6 Å². The smallest absolute Gasteiger partial charge is 0.318 e. The van der Waals surface area contributed by atoms with Crippen molar-refractivity contribution in [2.75, 3.05) is 13.3 Å². The highest BCUT2D eigenvalue weighted by atomic mass is 16.7. The predicted octanol–water partition coefficient (Wildman–Crippen LogP) is 2.20. The Bertz CT molecular complexity index is 528. The van der Waals surface area contributed by atoms with Crippen molar-refractivity contribution in [2.24, 2.45) is 0 Å². The number of aryl methyl sites for hydroxylation is 1. The fourth-order valence-electron chi connectivity index (χ4n) is 2.61. The van der Waals surface area contributed by atoms with Gasteiger partial charge in [0.25, 0.3) is 0 Å². The normalized spacial score (nSPS) is 21.2. The maximum absolute atomic E-state index is 11.9. The summed E-state index contributed by atoms with van der Waals surface area (Å²) in [5.41, 5.74) is 2.21. The molecule has 0 bridgehead atoms. The predicted molar refractivity (Wildman–Crippen MR) is 70.4 cm³/mol. The molecule has 0 aromatic heterocycles. The average molecular weight is 262 g/mol. The summed E-state index contributed by atoms with van der Waals surface area (Å²) in [6.07, 6.45) is 0. The van der Waals surface area contributed by atoms with Gasteiger partial charge in [0.05, 0.1) is 6.04 Å². The van der Waals surface area contributed by atoms with E-state index in [1.807, 2.05) is 37.8 Å². The van der Waals surface area contributed by atoms with Crippen LogP contribution in [0.3, 0.4) is 0 Å². The molecule has 1 atom stereocenters. The first-order valence-electron chi connectivity index (χ1n) is 6.53. The molecule has 5 nitrogen and oxygen atoms in total. The molecule has 0 spiro atoms. The lowest BCUT2D eigenvalue weighted by Gasteiger charge is -2.19. The third-order valence-corrected chi connectivity index (χ3v) is 3.70. The van der Waals surface area contributed by atoms with E-state index in [1.165, 1.54) is 0 Å². The molecule has 1 aromatic carbocycles. The van der Waals surface area contributed by atoms with Crippen molar-refractivity contribution >= 4 is 6.03 Å². The average Bonchev–Trinajstić information content (AvgIpc) is 2.93. The molecule has 2 amide bonds. The number of hydrogen-bond acceptors (Lipinski definition) is 3. The molecule has 1 unspecified atom stereocenters. The van der Waals surface area contributed by atoms with Gasteiger partial charge in [0.1, 0.15) is 0 Å². The molecule has 1 fully saturated rings. The molecule has 2 heterocycles. The van der Waals surface area contributed by atoms with Crippen LogP contribution >= 0.6 is 0 Å². The summed E-state index contributed by atoms with van der Waals surface area (Å²) >= 11 is 0. The van der Waals surface area contributed by atoms with Gasteiger partial charge in [0.2, 0.25) is 6.79 Å². The SMILES string of the molecule is Cc1cc2c(cc1C1CN(C(C)C)C(=O)N1)OCO2. The van der Waals surface area contributed by atoms with Crippen LogP contribution in [-0.2, 0) is 0 Å². The highest BCUT2D eigenvalue weighted by Gasteiger charge is 2.33. The van der Waals surface area contributed by atoms with Crippen LogP contribution in [-0.4, -0.2) is 30.3 Å². The van der Waals surface area contributed by atoms with Crippen molar-refractivity contribution in [1.29, 1.82) is 0 Å². The first-order chi connectivity index (χ1) is 9.06. The van der Waals surface area contributed by atoms with E-state index in [1.54, 1.807) is 0 Å². The lowest BCUT2D eigenvalue weighted by Crippen LogP contribution is -2.33. The first kappa shape index (κ1) is 12.1. The van der Waals surface area contributed by atoms with Gasteiger partial charge in [-0.1, -0.05) is 0 Å². The maximum Gasteiger partial charge on any atom is 0.318 e. The number of nitrogens with one attached hydrogen (secondary N) is 1. The molecule has 102 valence electrons. The molecule has 1 saturated heterocycles. The Labute approximate surface area is 112 Å². The number of ether oxygens (including phenoxy) is 2. The fraction of sp³-hybridized carbons (Fsp3) is 0.500. The third kappa shape index (κ3) is 1.99. The summed E-state index contributed by atoms with van der Waals surface area (Å²) in [5.74, 6) is 1.55. The Morgan fingerprint density at radius 2 is 2.00 bits per heavy atom. The second kappa shape index (κ2) is 4.33. The number of urea groups is 1. The van der Waals surface area contributed by atoms with E-state index in [0.29, 0.717) is 6.54 Å². The van der Waals surface area contributed by atoms with Gasteiger partial charge in [0, 0.05) is 12.6 Å². The van der Waals surface area contributed by atoms with Crippen molar-refractivity contribution in [2.45, 2.75) is 32.9 Å². The van der Waals surface area contributed by atoms with Crippen LogP contribution in [0.2, 0.25) is 0 Å². The van der Waals surface area contributed by atoms with Gasteiger partial charge in [-0.15, -0.1) is 0 Å². The van der Waals surface area contributed by atoms with Gasteiger partial charge >= 0.3 is 6.03 Å². The Balaban J connectivity index is 1.90. The van der Waals surface area contributed by atoms with Gasteiger partial charge in [-0.2, -0.15) is 0 Å². The Morgan fingerprint density at radius 1 is 1.32 bits per heavy atom. The van der Waals surface area contributed by atoms with Crippen LogP contribution in [0.15, 0.2) is 12.1 Å². The molecule has 0 saturated carbocycles. The van der Waals surface area contributed by atoms with E-state index in [2.05, 4.69) is 5.32 Å². The van der Waals surface area contributed by atoms with Crippen LogP contribution in [0.25, 0.3) is 0 Å². The summed E-state index contributed by atoms with van der Waals surface area (Å²) < 4.78 is 10.8. The maximum atomic E-state index is 11.9. The number of rotatable bonds is 2. The minimum absolute atomic E-state index is 0.00272. The molecule has 2 aliphatic rings. The fourth-order valence-corrected chi connectivity index (χ4v) is 2.61. The van der Waals surface area contributed by atoms with Crippen LogP contribution in [0.5, 0.6) is 11.5 Å². The molecule has 2 aliphatic heterocycles. The monoisotopic (exact) mass is 262 g/mol. The topological polar surface area (TPSA) is 50.8 Å². The van der Waals surface area contributed by atoms with Gasteiger partial charge in [-0.25, -0.2) is 4.79 Å². The van der Waals surface area contributed by atoms with Crippen molar-refractivity contribution in [3.63, 3.8) is 0 Å². The molecular formula is C14H18N2O3. The summed E-state index contributed by atoms with van der Waals surface area (Å²) in [7, 11) is 0. The van der Waals surface area contributed by atoms with Crippen molar-refractivity contribution in [3.05, 3.63) is 23.3 Å². The quantitative estimate of drug-likeness (QED) is 0.889. The molecule has 3 rings (SSSR count). The van der Waals surface area contributed by atoms with Crippen molar-refractivity contribution in [3.8, 4) is 11.5 Å². The second-order valence-corrected chi connectivity index (χ2v) is 5.31. The number of carbonyl (C=O) groups is 1. The molecule has 5 heteroatoms. The zero-order valence-corrected chi connectivity index (χ0v) is 11.4. The number of benzene rings is 1. The Morgan fingerprint density at radius 3 is 2.63 bits per heavy atom. The van der Waals surface area contributed by atoms with Crippen molar-refractivity contribution in [1.82, 2.24) is 10.2 Å². The highest BCUT2D eigenvalue weighted by Crippen LogP contribution is 2.37. The first-order valence-corrected chi connectivity index (χ1v) is 6.53. The summed E-state index contributed by atoms with van der Waals surface area (Å²) in [5, 5.41) is 3.02. The van der Waals surface area contributed by atoms with Crippen LogP contribution < -0.4 is 14.8 Å². The van der Waals surface area contributed by atoms with Gasteiger partial charge in [-0.05, 0) is 44.0 Å². The van der Waals surface area contributed by atoms with E-state index in [9.17, 15) is 4.79 Å². The molecule has 1 N–H and O–H groups in total. The number of nitrogens with zero attached hydrogens (tertiary/aromatic N) is 1. The number of hydrogen-bond donors (Lipinski definition) is 1. The summed E-state index contributed by atoms with van der Waals surface area (Å²) in [6.45, 7) is 7.04. The Hall–Kier alpha value is -1.91. The van der Waals surface area contributed by atoms with Gasteiger partial charge < -0.3 is 19.7 Å². The molecular weight excluding hydrogens is 244 g/mol. The van der Waals surface area contributed by atoms with Gasteiger partial charge in [-0.3, -0.25) is 0 Å². The Kier molecular flexibility index (Phi) is 2.77. The lowest BCUT2D eigenvalue weighted by molar-refractivity contribution is 0.174. The lowest BCUT2D eigenvalue weighted by atomic mass is 10.0. The number of amides is 2. The molecule has 19 heavy (non-hydrogen) atoms. The molecule has 0 radical (unpaired) electrons. The van der Waals surface area contributed by atoms with Crippen LogP contribution in [0, 0.1) is 6.92 Å². The second-order valence-electron chi connectivity index (χ2n) is 5.31. The van der Waals surface area contributed by atoms with Crippen LogP contribution in [0.4, 0.5) is 4.79 Å². The number of fused-ring (bicyclic) bond motifs is 1. The van der Waals surface area contributed by atoms with E-state index >= 15 is 0 Å².